The highest BCUT2D eigenvalue weighted by Crippen LogP contribution is 2.28. The average Bonchev–Trinajstić information content (AvgIpc) is 3.20. The number of methoxy groups -OCH3 is 1. The van der Waals surface area contributed by atoms with E-state index in [1.807, 2.05) is 39.0 Å². The van der Waals surface area contributed by atoms with E-state index in [4.69, 9.17) is 23.7 Å². The predicted molar refractivity (Wildman–Crippen MR) is 129 cm³/mol. The summed E-state index contributed by atoms with van der Waals surface area (Å²) in [7, 11) is 1.32. The summed E-state index contributed by atoms with van der Waals surface area (Å²) in [6.45, 7) is 7.77. The first-order valence-electron chi connectivity index (χ1n) is 11.4. The Morgan fingerprint density at radius 2 is 1.78 bits per heavy atom. The quantitative estimate of drug-likeness (QED) is 0.427. The summed E-state index contributed by atoms with van der Waals surface area (Å²) in [5.41, 5.74) is 1.74. The van der Waals surface area contributed by atoms with Crippen molar-refractivity contribution in [3.05, 3.63) is 65.0 Å². The summed E-state index contributed by atoms with van der Waals surface area (Å²) < 4.78 is 56.5. The van der Waals surface area contributed by atoms with Crippen LogP contribution in [0.5, 0.6) is 17.2 Å². The maximum absolute atomic E-state index is 14.4. The van der Waals surface area contributed by atoms with Crippen LogP contribution in [0.3, 0.4) is 0 Å². The number of hydrogen-bond donors (Lipinski definition) is 1. The highest BCUT2D eigenvalue weighted by atomic mass is 19.1. The van der Waals surface area contributed by atoms with E-state index in [-0.39, 0.29) is 35.3 Å². The molecule has 1 aromatic heterocycles. The molecule has 10 heteroatoms. The molecule has 0 spiro atoms. The summed E-state index contributed by atoms with van der Waals surface area (Å²) in [4.78, 5) is 8.43. The number of aromatic nitrogens is 2. The third-order valence-electron chi connectivity index (χ3n) is 5.59. The minimum Gasteiger partial charge on any atom is -0.494 e. The van der Waals surface area contributed by atoms with Crippen LogP contribution in [0.4, 0.5) is 20.4 Å². The smallest absolute Gasteiger partial charge is 0.227 e. The monoisotopic (exact) mass is 501 g/mol. The van der Waals surface area contributed by atoms with E-state index in [1.54, 1.807) is 0 Å². The largest absolute Gasteiger partial charge is 0.494 e. The first-order valence-corrected chi connectivity index (χ1v) is 11.4. The first kappa shape index (κ1) is 25.6. The molecule has 8 nitrogen and oxygen atoms in total. The molecule has 1 atom stereocenters. The fourth-order valence-electron chi connectivity index (χ4n) is 3.74. The number of aryl methyl sites for hydroxylation is 2. The van der Waals surface area contributed by atoms with Gasteiger partial charge in [-0.1, -0.05) is 0 Å². The van der Waals surface area contributed by atoms with Gasteiger partial charge in [-0.05, 0) is 63.1 Å². The van der Waals surface area contributed by atoms with Gasteiger partial charge in [-0.3, -0.25) is 0 Å². The number of rotatable bonds is 9. The van der Waals surface area contributed by atoms with Crippen LogP contribution in [0.1, 0.15) is 30.5 Å². The van der Waals surface area contributed by atoms with E-state index in [2.05, 4.69) is 15.3 Å². The SMILES string of the molecule is COc1cc(C)c(F)c(COc2cnc(Nc3ccc(OCC4COC(C)(C)O4)c(C)c3)nc2)c1F. The Labute approximate surface area is 208 Å². The van der Waals surface area contributed by atoms with Crippen LogP contribution >= 0.6 is 0 Å². The average molecular weight is 502 g/mol. The Bertz CT molecular complexity index is 1220. The minimum absolute atomic E-state index is 0.0418. The highest BCUT2D eigenvalue weighted by Gasteiger charge is 2.33. The molecule has 36 heavy (non-hydrogen) atoms. The number of nitrogens with one attached hydrogen (secondary N) is 1. The van der Waals surface area contributed by atoms with E-state index in [0.29, 0.717) is 19.2 Å². The van der Waals surface area contributed by atoms with Crippen LogP contribution < -0.4 is 19.5 Å². The van der Waals surface area contributed by atoms with Crippen LogP contribution in [0.2, 0.25) is 0 Å². The maximum Gasteiger partial charge on any atom is 0.227 e. The van der Waals surface area contributed by atoms with Crippen molar-refractivity contribution in [2.24, 2.45) is 0 Å². The second kappa shape index (κ2) is 10.6. The lowest BCUT2D eigenvalue weighted by molar-refractivity contribution is -0.141. The van der Waals surface area contributed by atoms with E-state index in [9.17, 15) is 8.78 Å². The van der Waals surface area contributed by atoms with Gasteiger partial charge in [0, 0.05) is 5.69 Å². The topological polar surface area (TPSA) is 84.0 Å². The van der Waals surface area contributed by atoms with Gasteiger partial charge in [0.25, 0.3) is 0 Å². The zero-order valence-electron chi connectivity index (χ0n) is 20.9. The van der Waals surface area contributed by atoms with Gasteiger partial charge in [-0.2, -0.15) is 0 Å². The van der Waals surface area contributed by atoms with Gasteiger partial charge < -0.3 is 29.0 Å². The summed E-state index contributed by atoms with van der Waals surface area (Å²) >= 11 is 0. The minimum atomic E-state index is -0.796. The molecule has 3 aromatic rings. The summed E-state index contributed by atoms with van der Waals surface area (Å²) in [6.07, 6.45) is 2.73. The lowest BCUT2D eigenvalue weighted by Gasteiger charge is -2.18. The van der Waals surface area contributed by atoms with Gasteiger partial charge in [-0.15, -0.1) is 0 Å². The summed E-state index contributed by atoms with van der Waals surface area (Å²) in [5, 5.41) is 3.11. The molecule has 0 aliphatic carbocycles. The molecule has 2 heterocycles. The Morgan fingerprint density at radius 3 is 2.42 bits per heavy atom. The molecule has 1 aliphatic rings. The Kier molecular flexibility index (Phi) is 7.56. The van der Waals surface area contributed by atoms with E-state index in [1.165, 1.54) is 32.5 Å². The molecule has 0 amide bonds. The van der Waals surface area contributed by atoms with Crippen LogP contribution in [-0.4, -0.2) is 42.2 Å². The number of nitrogens with zero attached hydrogens (tertiary/aromatic N) is 2. The van der Waals surface area contributed by atoms with E-state index >= 15 is 0 Å². The molecule has 4 rings (SSSR count). The number of ether oxygens (including phenoxy) is 5. The second-order valence-electron chi connectivity index (χ2n) is 8.90. The van der Waals surface area contributed by atoms with Crippen molar-refractivity contribution in [2.45, 2.75) is 46.2 Å². The molecule has 1 saturated heterocycles. The van der Waals surface area contributed by atoms with Gasteiger partial charge in [0.1, 0.15) is 30.9 Å². The van der Waals surface area contributed by atoms with Crippen LogP contribution in [0.25, 0.3) is 0 Å². The van der Waals surface area contributed by atoms with Crippen molar-refractivity contribution in [3.63, 3.8) is 0 Å². The summed E-state index contributed by atoms with van der Waals surface area (Å²) in [5.74, 6) is -0.757. The molecule has 1 fully saturated rings. The molecule has 0 bridgehead atoms. The maximum atomic E-state index is 14.4. The lowest BCUT2D eigenvalue weighted by atomic mass is 10.1. The molecule has 192 valence electrons. The zero-order valence-corrected chi connectivity index (χ0v) is 20.9. The highest BCUT2D eigenvalue weighted by molar-refractivity contribution is 5.57. The number of benzene rings is 2. The second-order valence-corrected chi connectivity index (χ2v) is 8.90. The molecule has 0 radical (unpaired) electrons. The first-order chi connectivity index (χ1) is 17.1. The van der Waals surface area contributed by atoms with Gasteiger partial charge in [-0.25, -0.2) is 18.7 Å². The third-order valence-corrected chi connectivity index (χ3v) is 5.59. The normalized spacial score (nSPS) is 16.6. The molecule has 0 saturated carbocycles. The molecular formula is C26H29F2N3O5. The lowest BCUT2D eigenvalue weighted by Crippen LogP contribution is -2.25. The van der Waals surface area contributed by atoms with Crippen molar-refractivity contribution in [1.29, 1.82) is 0 Å². The van der Waals surface area contributed by atoms with E-state index < -0.39 is 17.4 Å². The van der Waals surface area contributed by atoms with Gasteiger partial charge in [0.15, 0.2) is 23.1 Å². The number of halogens is 2. The van der Waals surface area contributed by atoms with Crippen molar-refractivity contribution in [1.82, 2.24) is 9.97 Å². The molecular weight excluding hydrogens is 472 g/mol. The van der Waals surface area contributed by atoms with Crippen molar-refractivity contribution in [3.8, 4) is 17.2 Å². The van der Waals surface area contributed by atoms with Gasteiger partial charge in [0.2, 0.25) is 5.95 Å². The van der Waals surface area contributed by atoms with E-state index in [0.717, 1.165) is 17.0 Å². The fourth-order valence-corrected chi connectivity index (χ4v) is 3.74. The predicted octanol–water partition coefficient (Wildman–Crippen LogP) is 5.23. The van der Waals surface area contributed by atoms with Crippen molar-refractivity contribution >= 4 is 11.6 Å². The van der Waals surface area contributed by atoms with Gasteiger partial charge in [0.05, 0.1) is 31.7 Å². The van der Waals surface area contributed by atoms with Crippen molar-refractivity contribution < 1.29 is 32.5 Å². The fraction of sp³-hybridized carbons (Fsp3) is 0.385. The third kappa shape index (κ3) is 6.00. The Morgan fingerprint density at radius 1 is 1.03 bits per heavy atom. The number of hydrogen-bond acceptors (Lipinski definition) is 8. The standard InChI is InChI=1S/C26H29F2N3O5/c1-15-8-17(6-7-21(15)34-12-19-13-35-26(3,4)36-19)31-25-29-10-18(11-30-25)33-14-20-23(27)16(2)9-22(32-5)24(20)28/h6-11,19H,12-14H2,1-5H3,(H,29,30,31). The molecule has 1 aliphatic heterocycles. The zero-order chi connectivity index (χ0) is 25.9. The Hall–Kier alpha value is -3.50. The number of anilines is 2. The van der Waals surface area contributed by atoms with Gasteiger partial charge >= 0.3 is 0 Å². The van der Waals surface area contributed by atoms with Crippen LogP contribution in [0.15, 0.2) is 36.7 Å². The summed E-state index contributed by atoms with van der Waals surface area (Å²) in [6, 6.07) is 6.92. The molecule has 1 N–H and O–H groups in total. The van der Waals surface area contributed by atoms with Crippen LogP contribution in [-0.2, 0) is 16.1 Å². The molecule has 1 unspecified atom stereocenters. The molecule has 2 aromatic carbocycles. The van der Waals surface area contributed by atoms with Crippen molar-refractivity contribution in [2.75, 3.05) is 25.6 Å². The van der Waals surface area contributed by atoms with Crippen LogP contribution in [0, 0.1) is 25.5 Å². The Balaban J connectivity index is 1.33.